The molecule has 0 bridgehead atoms. The van der Waals surface area contributed by atoms with Crippen LogP contribution in [0.5, 0.6) is 0 Å². The highest BCUT2D eigenvalue weighted by molar-refractivity contribution is 7.59. The van der Waals surface area contributed by atoms with Gasteiger partial charge in [-0.25, -0.2) is 0 Å². The third-order valence-corrected chi connectivity index (χ3v) is 11.7. The maximum Gasteiger partial charge on any atom is 0.0648 e. The second kappa shape index (κ2) is 9.49. The van der Waals surface area contributed by atoms with Gasteiger partial charge in [0.05, 0.1) is 11.7 Å². The molecule has 0 heterocycles. The lowest BCUT2D eigenvalue weighted by Crippen LogP contribution is -2.56. The van der Waals surface area contributed by atoms with E-state index < -0.39 is 0 Å². The van der Waals surface area contributed by atoms with Crippen molar-refractivity contribution in [1.29, 1.82) is 0 Å². The van der Waals surface area contributed by atoms with Crippen molar-refractivity contribution in [3.05, 3.63) is 0 Å². The van der Waals surface area contributed by atoms with Gasteiger partial charge in [0, 0.05) is 0 Å². The molecule has 0 aliphatic heterocycles. The molecular weight excluding hydrogens is 400 g/mol. The number of hydrogen-bond donors (Lipinski definition) is 2. The van der Waals surface area contributed by atoms with E-state index in [1.807, 2.05) is 0 Å². The highest BCUT2D eigenvalue weighted by Crippen LogP contribution is 2.69. The van der Waals surface area contributed by atoms with Crippen molar-refractivity contribution in [2.75, 3.05) is 0 Å². The maximum absolute atomic E-state index is 11.0. The van der Waals surface area contributed by atoms with E-state index in [4.69, 9.17) is 0 Å². The van der Waals surface area contributed by atoms with Crippen molar-refractivity contribution >= 4 is 13.5 Å². The first kappa shape index (κ1) is 25.9. The van der Waals surface area contributed by atoms with E-state index in [1.54, 1.807) is 0 Å². The van der Waals surface area contributed by atoms with Gasteiger partial charge in [0.2, 0.25) is 0 Å². The van der Waals surface area contributed by atoms with Crippen LogP contribution in [0.15, 0.2) is 0 Å². The summed E-state index contributed by atoms with van der Waals surface area (Å²) in [6.07, 6.45) is 15.7. The van der Waals surface area contributed by atoms with Gasteiger partial charge in [-0.2, -0.15) is 13.5 Å². The van der Waals surface area contributed by atoms with Crippen molar-refractivity contribution in [2.24, 2.45) is 46.3 Å². The number of rotatable bonds is 6. The molecule has 4 rings (SSSR count). The van der Waals surface area contributed by atoms with Gasteiger partial charge in [0.15, 0.2) is 0 Å². The molecule has 4 saturated carbocycles. The molecular formula is C28H52O2S. The van der Waals surface area contributed by atoms with Crippen LogP contribution in [0.3, 0.4) is 0 Å². The Bertz CT molecular complexity index is 610. The van der Waals surface area contributed by atoms with Crippen molar-refractivity contribution in [2.45, 2.75) is 130 Å². The van der Waals surface area contributed by atoms with Crippen LogP contribution in [0, 0.1) is 46.3 Å². The van der Waals surface area contributed by atoms with Crippen LogP contribution in [0.1, 0.15) is 118 Å². The van der Waals surface area contributed by atoms with Crippen LogP contribution in [0.4, 0.5) is 0 Å². The number of aliphatic hydroxyl groups excluding tert-OH is 1. The average molecular weight is 453 g/mol. The quantitative estimate of drug-likeness (QED) is 0.452. The van der Waals surface area contributed by atoms with E-state index in [2.05, 4.69) is 34.6 Å². The Hall–Kier alpha value is 0.270. The summed E-state index contributed by atoms with van der Waals surface area (Å²) in [5.74, 6) is 5.09. The second-order valence-electron chi connectivity index (χ2n) is 12.8. The topological polar surface area (TPSA) is 40.5 Å². The molecule has 0 unspecified atom stereocenters. The molecule has 2 nitrogen and oxygen atoms in total. The molecule has 0 aromatic heterocycles. The van der Waals surface area contributed by atoms with Crippen LogP contribution in [0.2, 0.25) is 0 Å². The molecule has 4 aliphatic carbocycles. The first-order valence-corrected chi connectivity index (χ1v) is 13.6. The molecule has 31 heavy (non-hydrogen) atoms. The fourth-order valence-corrected chi connectivity index (χ4v) is 9.48. The van der Waals surface area contributed by atoms with Gasteiger partial charge in [-0.1, -0.05) is 34.6 Å². The zero-order valence-electron chi connectivity index (χ0n) is 21.1. The highest BCUT2D eigenvalue weighted by atomic mass is 32.1. The average Bonchev–Trinajstić information content (AvgIpc) is 3.09. The zero-order chi connectivity index (χ0) is 21.7. The van der Waals surface area contributed by atoms with Crippen LogP contribution >= 0.6 is 13.5 Å². The Morgan fingerprint density at radius 3 is 2.26 bits per heavy atom. The highest BCUT2D eigenvalue weighted by Gasteiger charge is 2.61. The minimum atomic E-state index is -0.378. The van der Waals surface area contributed by atoms with Crippen molar-refractivity contribution in [3.8, 4) is 0 Å². The SMILES string of the molecule is CC[C@@H](O)CC[C@@H](C)[C@H]1CC[C@H]2[C@@H]3CC[C@H]4C[C@](O)(CC)CC[C@]4(C)[C@H]3CC[C@]12C.S. The van der Waals surface area contributed by atoms with Gasteiger partial charge in [-0.15, -0.1) is 0 Å². The van der Waals surface area contributed by atoms with Gasteiger partial charge >= 0.3 is 0 Å². The first-order valence-electron chi connectivity index (χ1n) is 13.6. The summed E-state index contributed by atoms with van der Waals surface area (Å²) in [5, 5.41) is 21.1. The Kier molecular flexibility index (Phi) is 7.93. The summed E-state index contributed by atoms with van der Waals surface area (Å²) < 4.78 is 0. The van der Waals surface area contributed by atoms with Crippen LogP contribution in [-0.2, 0) is 0 Å². The van der Waals surface area contributed by atoms with Gasteiger partial charge in [-0.05, 0) is 130 Å². The summed E-state index contributed by atoms with van der Waals surface area (Å²) in [6, 6.07) is 0. The van der Waals surface area contributed by atoms with Crippen molar-refractivity contribution in [1.82, 2.24) is 0 Å². The van der Waals surface area contributed by atoms with Crippen molar-refractivity contribution in [3.63, 3.8) is 0 Å². The molecule has 0 amide bonds. The standard InChI is InChI=1S/C28H50O2.H2S/c1-6-21(29)10-8-19(3)23-12-13-24-22-11-9-20-18-28(30,7-2)17-16-26(20,4)25(22)14-15-27(23,24)5;/h19-25,29-30H,6-18H2,1-5H3;1H2/t19-,20+,21-,22+,23-,24+,25+,26+,27-,28+;/m1./s1. The second-order valence-corrected chi connectivity index (χ2v) is 12.8. The van der Waals surface area contributed by atoms with E-state index in [-0.39, 0.29) is 25.2 Å². The zero-order valence-corrected chi connectivity index (χ0v) is 22.1. The Morgan fingerprint density at radius 1 is 0.871 bits per heavy atom. The largest absolute Gasteiger partial charge is 0.393 e. The van der Waals surface area contributed by atoms with Crippen LogP contribution in [-0.4, -0.2) is 21.9 Å². The summed E-state index contributed by atoms with van der Waals surface area (Å²) in [5.41, 5.74) is 0.623. The Morgan fingerprint density at radius 2 is 1.58 bits per heavy atom. The molecule has 2 N–H and O–H groups in total. The molecule has 0 spiro atoms. The lowest BCUT2D eigenvalue weighted by molar-refractivity contribution is -0.152. The Labute approximate surface area is 199 Å². The smallest absolute Gasteiger partial charge is 0.0648 e. The lowest BCUT2D eigenvalue weighted by Gasteiger charge is -2.62. The minimum absolute atomic E-state index is 0. The van der Waals surface area contributed by atoms with E-state index in [1.165, 1.54) is 51.4 Å². The van der Waals surface area contributed by atoms with E-state index in [9.17, 15) is 10.2 Å². The fraction of sp³-hybridized carbons (Fsp3) is 1.00. The predicted molar refractivity (Wildman–Crippen MR) is 136 cm³/mol. The Balaban J connectivity index is 0.00000272. The number of aliphatic hydroxyl groups is 2. The molecule has 0 saturated heterocycles. The predicted octanol–water partition coefficient (Wildman–Crippen LogP) is 7.09. The first-order chi connectivity index (χ1) is 14.2. The molecule has 4 fully saturated rings. The lowest BCUT2D eigenvalue weighted by atomic mass is 9.43. The van der Waals surface area contributed by atoms with E-state index in [0.29, 0.717) is 10.8 Å². The fourth-order valence-electron chi connectivity index (χ4n) is 9.48. The number of hydrogen-bond acceptors (Lipinski definition) is 2. The molecule has 182 valence electrons. The monoisotopic (exact) mass is 452 g/mol. The van der Waals surface area contributed by atoms with Gasteiger partial charge in [0.1, 0.15) is 0 Å². The summed E-state index contributed by atoms with van der Waals surface area (Å²) >= 11 is 0. The minimum Gasteiger partial charge on any atom is -0.393 e. The molecule has 0 aromatic rings. The normalized spacial score (nSPS) is 48.7. The van der Waals surface area contributed by atoms with E-state index in [0.717, 1.165) is 67.6 Å². The van der Waals surface area contributed by atoms with Crippen molar-refractivity contribution < 1.29 is 10.2 Å². The summed E-state index contributed by atoms with van der Waals surface area (Å²) in [6.45, 7) is 12.0. The van der Waals surface area contributed by atoms with Crippen LogP contribution < -0.4 is 0 Å². The third-order valence-electron chi connectivity index (χ3n) is 11.7. The van der Waals surface area contributed by atoms with Gasteiger partial charge in [-0.3, -0.25) is 0 Å². The van der Waals surface area contributed by atoms with E-state index >= 15 is 0 Å². The number of fused-ring (bicyclic) bond motifs is 5. The third kappa shape index (κ3) is 4.39. The summed E-state index contributed by atoms with van der Waals surface area (Å²) in [4.78, 5) is 0. The van der Waals surface area contributed by atoms with Crippen LogP contribution in [0.25, 0.3) is 0 Å². The molecule has 3 heteroatoms. The molecule has 0 aromatic carbocycles. The maximum atomic E-state index is 11.0. The summed E-state index contributed by atoms with van der Waals surface area (Å²) in [7, 11) is 0. The van der Waals surface area contributed by atoms with Gasteiger partial charge in [0.25, 0.3) is 0 Å². The molecule has 4 aliphatic rings. The van der Waals surface area contributed by atoms with Gasteiger partial charge < -0.3 is 10.2 Å². The molecule has 10 atom stereocenters. The molecule has 0 radical (unpaired) electrons.